The summed E-state index contributed by atoms with van der Waals surface area (Å²) in [6.45, 7) is 5.18. The number of piperidine rings is 1. The maximum atomic E-state index is 12.8. The van der Waals surface area contributed by atoms with Gasteiger partial charge in [-0.1, -0.05) is 6.92 Å². The Balaban J connectivity index is 2.21. The Morgan fingerprint density at radius 2 is 2.21 bits per heavy atom. The van der Waals surface area contributed by atoms with Gasteiger partial charge in [-0.3, -0.25) is 19.7 Å². The van der Waals surface area contributed by atoms with Crippen molar-refractivity contribution >= 4 is 17.7 Å². The lowest BCUT2D eigenvalue weighted by Crippen LogP contribution is -2.63. The molecule has 0 aliphatic carbocycles. The van der Waals surface area contributed by atoms with Crippen molar-refractivity contribution < 1.29 is 14.4 Å². The van der Waals surface area contributed by atoms with E-state index in [2.05, 4.69) is 10.6 Å². The van der Waals surface area contributed by atoms with Crippen LogP contribution in [0.5, 0.6) is 0 Å². The molecule has 3 amide bonds. The molecule has 0 aromatic heterocycles. The van der Waals surface area contributed by atoms with E-state index in [1.165, 1.54) is 4.90 Å². The number of piperazine rings is 1. The van der Waals surface area contributed by atoms with Gasteiger partial charge in [0.2, 0.25) is 17.7 Å². The zero-order valence-corrected chi connectivity index (χ0v) is 11.5. The summed E-state index contributed by atoms with van der Waals surface area (Å²) in [4.78, 5) is 37.3. The first-order valence-corrected chi connectivity index (χ1v) is 6.85. The van der Waals surface area contributed by atoms with Crippen molar-refractivity contribution in [3.05, 3.63) is 0 Å². The largest absolute Gasteiger partial charge is 0.321 e. The fraction of sp³-hybridized carbons (Fsp3) is 0.769. The first kappa shape index (κ1) is 14.0. The quantitative estimate of drug-likeness (QED) is 0.670. The van der Waals surface area contributed by atoms with Gasteiger partial charge in [-0.05, 0) is 32.7 Å². The van der Waals surface area contributed by atoms with Crippen LogP contribution in [0.2, 0.25) is 0 Å². The lowest BCUT2D eigenvalue weighted by atomic mass is 9.76. The van der Waals surface area contributed by atoms with Gasteiger partial charge in [-0.25, -0.2) is 0 Å². The predicted molar refractivity (Wildman–Crippen MR) is 69.2 cm³/mol. The number of nitrogens with zero attached hydrogens (tertiary/aromatic N) is 1. The van der Waals surface area contributed by atoms with Gasteiger partial charge in [0.25, 0.3) is 0 Å². The van der Waals surface area contributed by atoms with Crippen LogP contribution in [0, 0.1) is 5.41 Å². The molecule has 0 radical (unpaired) electrons. The Bertz CT molecular complexity index is 402. The molecule has 0 saturated carbocycles. The van der Waals surface area contributed by atoms with Crippen LogP contribution in [0.15, 0.2) is 0 Å². The van der Waals surface area contributed by atoms with Gasteiger partial charge in [0.05, 0.1) is 5.41 Å². The van der Waals surface area contributed by atoms with Crippen LogP contribution in [0.1, 0.15) is 33.1 Å². The van der Waals surface area contributed by atoms with E-state index >= 15 is 0 Å². The number of hydrogen-bond acceptors (Lipinski definition) is 4. The maximum Gasteiger partial charge on any atom is 0.249 e. The van der Waals surface area contributed by atoms with Gasteiger partial charge in [0.15, 0.2) is 0 Å². The molecule has 2 aliphatic rings. The fourth-order valence-corrected chi connectivity index (χ4v) is 2.87. The molecule has 2 atom stereocenters. The van der Waals surface area contributed by atoms with Gasteiger partial charge in [-0.2, -0.15) is 0 Å². The van der Waals surface area contributed by atoms with Crippen molar-refractivity contribution in [3.63, 3.8) is 0 Å². The second-order valence-corrected chi connectivity index (χ2v) is 5.44. The molecule has 2 fully saturated rings. The van der Waals surface area contributed by atoms with Crippen molar-refractivity contribution in [2.75, 3.05) is 19.6 Å². The second-order valence-electron chi connectivity index (χ2n) is 5.44. The third kappa shape index (κ3) is 2.49. The van der Waals surface area contributed by atoms with Crippen LogP contribution in [0.3, 0.4) is 0 Å². The van der Waals surface area contributed by atoms with Crippen LogP contribution in [0.4, 0.5) is 0 Å². The molecule has 2 rings (SSSR count). The van der Waals surface area contributed by atoms with E-state index in [9.17, 15) is 14.4 Å². The Hall–Kier alpha value is -1.43. The summed E-state index contributed by atoms with van der Waals surface area (Å²) in [7, 11) is 0. The lowest BCUT2D eigenvalue weighted by molar-refractivity contribution is -0.156. The standard InChI is InChI=1S/C13H21N3O3/c1-3-13(5-4-6-14-8-13)12(19)16-7-10(17)15-11(18)9(16)2/h9,14H,3-8H2,1-2H3,(H,15,17,18). The number of carbonyl (C=O) groups is 3. The zero-order valence-electron chi connectivity index (χ0n) is 11.5. The van der Waals surface area contributed by atoms with Gasteiger partial charge in [-0.15, -0.1) is 0 Å². The molecule has 19 heavy (non-hydrogen) atoms. The lowest BCUT2D eigenvalue weighted by Gasteiger charge is -2.42. The average Bonchev–Trinajstić information content (AvgIpc) is 2.42. The van der Waals surface area contributed by atoms with Gasteiger partial charge < -0.3 is 10.2 Å². The molecule has 2 aliphatic heterocycles. The molecule has 2 heterocycles. The van der Waals surface area contributed by atoms with Crippen molar-refractivity contribution in [2.45, 2.75) is 39.2 Å². The number of nitrogens with one attached hydrogen (secondary N) is 2. The fourth-order valence-electron chi connectivity index (χ4n) is 2.87. The van der Waals surface area contributed by atoms with E-state index in [1.807, 2.05) is 6.92 Å². The molecule has 0 aromatic rings. The minimum Gasteiger partial charge on any atom is -0.321 e. The highest BCUT2D eigenvalue weighted by atomic mass is 16.2. The monoisotopic (exact) mass is 267 g/mol. The summed E-state index contributed by atoms with van der Waals surface area (Å²) in [5.74, 6) is -0.857. The number of rotatable bonds is 2. The van der Waals surface area contributed by atoms with E-state index in [0.717, 1.165) is 25.8 Å². The SMILES string of the molecule is CCC1(C(=O)N2CC(=O)NC(=O)C2C)CCCNC1. The molecular formula is C13H21N3O3. The maximum absolute atomic E-state index is 12.8. The molecule has 2 unspecified atom stereocenters. The summed E-state index contributed by atoms with van der Waals surface area (Å²) in [6.07, 6.45) is 2.48. The molecule has 0 aromatic carbocycles. The third-order valence-corrected chi connectivity index (χ3v) is 4.29. The van der Waals surface area contributed by atoms with Crippen molar-refractivity contribution in [1.82, 2.24) is 15.5 Å². The minimum atomic E-state index is -0.574. The van der Waals surface area contributed by atoms with Gasteiger partial charge >= 0.3 is 0 Å². The van der Waals surface area contributed by atoms with Gasteiger partial charge in [0, 0.05) is 6.54 Å². The molecule has 0 bridgehead atoms. The van der Waals surface area contributed by atoms with Crippen LogP contribution in [-0.4, -0.2) is 48.3 Å². The zero-order chi connectivity index (χ0) is 14.0. The topological polar surface area (TPSA) is 78.5 Å². The van der Waals surface area contributed by atoms with E-state index < -0.39 is 17.4 Å². The van der Waals surface area contributed by atoms with E-state index in [-0.39, 0.29) is 18.4 Å². The molecule has 0 spiro atoms. The molecule has 2 N–H and O–H groups in total. The Morgan fingerprint density at radius 3 is 2.79 bits per heavy atom. The predicted octanol–water partition coefficient (Wildman–Crippen LogP) is -0.360. The number of carbonyl (C=O) groups excluding carboxylic acids is 3. The first-order valence-electron chi connectivity index (χ1n) is 6.85. The van der Waals surface area contributed by atoms with Crippen LogP contribution < -0.4 is 10.6 Å². The van der Waals surface area contributed by atoms with Crippen molar-refractivity contribution in [3.8, 4) is 0 Å². The molecule has 6 heteroatoms. The van der Waals surface area contributed by atoms with E-state index in [1.54, 1.807) is 6.92 Å². The Morgan fingerprint density at radius 1 is 1.47 bits per heavy atom. The van der Waals surface area contributed by atoms with Crippen molar-refractivity contribution in [2.24, 2.45) is 5.41 Å². The van der Waals surface area contributed by atoms with E-state index in [4.69, 9.17) is 0 Å². The Kier molecular flexibility index (Phi) is 3.89. The van der Waals surface area contributed by atoms with Gasteiger partial charge in [0.1, 0.15) is 12.6 Å². The normalized spacial score (nSPS) is 32.1. The molecular weight excluding hydrogens is 246 g/mol. The summed E-state index contributed by atoms with van der Waals surface area (Å²) in [6, 6.07) is -0.574. The third-order valence-electron chi connectivity index (χ3n) is 4.29. The highest BCUT2D eigenvalue weighted by Gasteiger charge is 2.44. The summed E-state index contributed by atoms with van der Waals surface area (Å²) in [5.41, 5.74) is -0.468. The van der Waals surface area contributed by atoms with Crippen molar-refractivity contribution in [1.29, 1.82) is 0 Å². The molecule has 6 nitrogen and oxygen atoms in total. The molecule has 2 saturated heterocycles. The summed E-state index contributed by atoms with van der Waals surface area (Å²) in [5, 5.41) is 5.51. The number of amides is 3. The number of hydrogen-bond donors (Lipinski definition) is 2. The summed E-state index contributed by atoms with van der Waals surface area (Å²) >= 11 is 0. The number of imide groups is 1. The highest BCUT2D eigenvalue weighted by molar-refractivity contribution is 6.04. The average molecular weight is 267 g/mol. The second kappa shape index (κ2) is 5.28. The Labute approximate surface area is 112 Å². The minimum absolute atomic E-state index is 0.0203. The smallest absolute Gasteiger partial charge is 0.249 e. The highest BCUT2D eigenvalue weighted by Crippen LogP contribution is 2.33. The first-order chi connectivity index (χ1) is 9.00. The summed E-state index contributed by atoms with van der Waals surface area (Å²) < 4.78 is 0. The molecule has 106 valence electrons. The van der Waals surface area contributed by atoms with Crippen LogP contribution >= 0.6 is 0 Å². The van der Waals surface area contributed by atoms with Crippen LogP contribution in [0.25, 0.3) is 0 Å². The van der Waals surface area contributed by atoms with E-state index in [0.29, 0.717) is 6.54 Å². The van der Waals surface area contributed by atoms with Crippen LogP contribution in [-0.2, 0) is 14.4 Å².